The van der Waals surface area contributed by atoms with Crippen molar-refractivity contribution in [3.05, 3.63) is 5.28 Å². The molecular weight excluding hydrogens is 434 g/mol. The molecule has 0 bridgehead atoms. The predicted octanol–water partition coefficient (Wildman–Crippen LogP) is 9.12. The van der Waals surface area contributed by atoms with Crippen LogP contribution in [0, 0.1) is 0 Å². The topological polar surface area (TPSA) is 57.1 Å². The number of unbranched alkanes of at least 4 members (excludes halogenated alkanes) is 18. The molecule has 33 heavy (non-hydrogen) atoms. The number of halogens is 1. The second-order valence-electron chi connectivity index (χ2n) is 9.23. The highest BCUT2D eigenvalue weighted by molar-refractivity contribution is 6.28. The van der Waals surface area contributed by atoms with Crippen LogP contribution in [0.25, 0.3) is 0 Å². The van der Waals surface area contributed by atoms with Crippen molar-refractivity contribution in [2.45, 2.75) is 142 Å². The third-order valence-electron chi connectivity index (χ3n) is 6.03. The molecule has 5 nitrogen and oxygen atoms in total. The lowest BCUT2D eigenvalue weighted by Gasteiger charge is -2.08. The quantitative estimate of drug-likeness (QED) is 0.137. The molecule has 1 aromatic rings. The zero-order chi connectivity index (χ0) is 23.8. The van der Waals surface area contributed by atoms with Crippen molar-refractivity contribution in [3.63, 3.8) is 0 Å². The van der Waals surface area contributed by atoms with E-state index in [4.69, 9.17) is 21.1 Å². The van der Waals surface area contributed by atoms with Gasteiger partial charge in [-0.1, -0.05) is 129 Å². The van der Waals surface area contributed by atoms with E-state index in [1.165, 1.54) is 116 Å². The van der Waals surface area contributed by atoms with E-state index in [1.54, 1.807) is 0 Å². The van der Waals surface area contributed by atoms with E-state index in [-0.39, 0.29) is 17.3 Å². The van der Waals surface area contributed by atoms with E-state index in [9.17, 15) is 0 Å². The zero-order valence-electron chi connectivity index (χ0n) is 21.6. The minimum atomic E-state index is 0.126. The van der Waals surface area contributed by atoms with Crippen LogP contribution >= 0.6 is 11.6 Å². The molecule has 0 aliphatic carbocycles. The second-order valence-corrected chi connectivity index (χ2v) is 9.57. The summed E-state index contributed by atoms with van der Waals surface area (Å²) in [5, 5.41) is 0.126. The van der Waals surface area contributed by atoms with Gasteiger partial charge in [-0.3, -0.25) is 0 Å². The number of nitrogens with zero attached hydrogens (tertiary/aromatic N) is 3. The van der Waals surface area contributed by atoms with E-state index in [0.29, 0.717) is 13.2 Å². The third-order valence-corrected chi connectivity index (χ3v) is 6.19. The monoisotopic (exact) mass is 483 g/mol. The molecule has 1 rings (SSSR count). The Kier molecular flexibility index (Phi) is 20.6. The standard InChI is InChI=1S/C27H50ClN3O2/c1-3-5-7-9-11-13-15-17-19-21-23-32-26-29-25(28)30-27(31-26)33-24-22-20-18-16-14-12-10-8-6-4-2/h3-24H2,1-2H3. The van der Waals surface area contributed by atoms with Gasteiger partial charge in [0.25, 0.3) is 0 Å². The average Bonchev–Trinajstić information content (AvgIpc) is 2.80. The van der Waals surface area contributed by atoms with Crippen LogP contribution < -0.4 is 9.47 Å². The summed E-state index contributed by atoms with van der Waals surface area (Å²) >= 11 is 6.01. The lowest BCUT2D eigenvalue weighted by Crippen LogP contribution is -2.06. The first-order chi connectivity index (χ1) is 16.3. The summed E-state index contributed by atoms with van der Waals surface area (Å²) < 4.78 is 11.4. The Bertz CT molecular complexity index is 516. The van der Waals surface area contributed by atoms with Crippen LogP contribution in [0.15, 0.2) is 0 Å². The maximum absolute atomic E-state index is 6.01. The van der Waals surface area contributed by atoms with Gasteiger partial charge >= 0.3 is 12.0 Å². The maximum Gasteiger partial charge on any atom is 0.323 e. The van der Waals surface area contributed by atoms with Crippen LogP contribution in [0.4, 0.5) is 0 Å². The van der Waals surface area contributed by atoms with Gasteiger partial charge in [0.2, 0.25) is 5.28 Å². The van der Waals surface area contributed by atoms with Gasteiger partial charge in [-0.05, 0) is 24.4 Å². The summed E-state index contributed by atoms with van der Waals surface area (Å²) in [7, 11) is 0. The Morgan fingerprint density at radius 1 is 0.455 bits per heavy atom. The molecule has 0 aliphatic rings. The highest BCUT2D eigenvalue weighted by Gasteiger charge is 2.07. The lowest BCUT2D eigenvalue weighted by atomic mass is 10.1. The normalized spacial score (nSPS) is 11.1. The van der Waals surface area contributed by atoms with Gasteiger partial charge in [0.15, 0.2) is 0 Å². The molecule has 0 radical (unpaired) electrons. The molecule has 1 heterocycles. The fourth-order valence-corrected chi connectivity index (χ4v) is 4.09. The van der Waals surface area contributed by atoms with Gasteiger partial charge in [-0.25, -0.2) is 0 Å². The van der Waals surface area contributed by atoms with Crippen LogP contribution in [0.3, 0.4) is 0 Å². The Balaban J connectivity index is 2.02. The number of rotatable bonds is 24. The SMILES string of the molecule is CCCCCCCCCCCCOc1nc(Cl)nc(OCCCCCCCCCCCC)n1. The summed E-state index contributed by atoms with van der Waals surface area (Å²) in [4.78, 5) is 12.4. The van der Waals surface area contributed by atoms with Gasteiger partial charge in [-0.15, -0.1) is 4.98 Å². The Morgan fingerprint density at radius 2 is 0.758 bits per heavy atom. The first kappa shape index (κ1) is 29.9. The van der Waals surface area contributed by atoms with Crippen LogP contribution in [0.2, 0.25) is 5.28 Å². The molecule has 0 aliphatic heterocycles. The Morgan fingerprint density at radius 3 is 1.09 bits per heavy atom. The molecule has 0 amide bonds. The average molecular weight is 484 g/mol. The number of hydrogen-bond acceptors (Lipinski definition) is 5. The predicted molar refractivity (Wildman–Crippen MR) is 140 cm³/mol. The summed E-state index contributed by atoms with van der Waals surface area (Å²) in [6.07, 6.45) is 26.0. The molecule has 1 aromatic heterocycles. The van der Waals surface area contributed by atoms with Crippen LogP contribution in [0.5, 0.6) is 12.0 Å². The Labute approximate surface area is 208 Å². The van der Waals surface area contributed by atoms with Crippen LogP contribution in [-0.4, -0.2) is 28.2 Å². The molecule has 0 N–H and O–H groups in total. The highest BCUT2D eigenvalue weighted by atomic mass is 35.5. The van der Waals surface area contributed by atoms with Gasteiger partial charge in [0, 0.05) is 0 Å². The summed E-state index contributed by atoms with van der Waals surface area (Å²) in [6.45, 7) is 5.74. The summed E-state index contributed by atoms with van der Waals surface area (Å²) in [5.41, 5.74) is 0. The Hall–Kier alpha value is -1.10. The van der Waals surface area contributed by atoms with Crippen molar-refractivity contribution in [3.8, 4) is 12.0 Å². The van der Waals surface area contributed by atoms with Crippen molar-refractivity contribution in [2.75, 3.05) is 13.2 Å². The second kappa shape index (κ2) is 22.7. The minimum Gasteiger partial charge on any atom is -0.463 e. The fraction of sp³-hybridized carbons (Fsp3) is 0.889. The minimum absolute atomic E-state index is 0.126. The van der Waals surface area contributed by atoms with Crippen LogP contribution in [-0.2, 0) is 0 Å². The molecule has 0 saturated heterocycles. The molecule has 6 heteroatoms. The molecule has 0 atom stereocenters. The van der Waals surface area contributed by atoms with Crippen molar-refractivity contribution in [2.24, 2.45) is 0 Å². The summed E-state index contributed by atoms with van der Waals surface area (Å²) in [5.74, 6) is 0. The van der Waals surface area contributed by atoms with Gasteiger partial charge in [0.1, 0.15) is 0 Å². The molecule has 0 unspecified atom stereocenters. The van der Waals surface area contributed by atoms with Crippen molar-refractivity contribution in [1.29, 1.82) is 0 Å². The van der Waals surface area contributed by atoms with Crippen LogP contribution in [0.1, 0.15) is 142 Å². The van der Waals surface area contributed by atoms with E-state index >= 15 is 0 Å². The molecular formula is C27H50ClN3O2. The number of ether oxygens (including phenoxy) is 2. The highest BCUT2D eigenvalue weighted by Crippen LogP contribution is 2.15. The molecule has 0 saturated carbocycles. The first-order valence-electron chi connectivity index (χ1n) is 13.9. The lowest BCUT2D eigenvalue weighted by molar-refractivity contribution is 0.252. The van der Waals surface area contributed by atoms with Crippen molar-refractivity contribution in [1.82, 2.24) is 15.0 Å². The van der Waals surface area contributed by atoms with E-state index < -0.39 is 0 Å². The third kappa shape index (κ3) is 19.0. The largest absolute Gasteiger partial charge is 0.463 e. The fourth-order valence-electron chi connectivity index (χ4n) is 3.95. The maximum atomic E-state index is 6.01. The first-order valence-corrected chi connectivity index (χ1v) is 14.3. The zero-order valence-corrected chi connectivity index (χ0v) is 22.3. The van der Waals surface area contributed by atoms with E-state index in [0.717, 1.165) is 12.8 Å². The van der Waals surface area contributed by atoms with Gasteiger partial charge in [-0.2, -0.15) is 9.97 Å². The molecule has 0 fully saturated rings. The molecule has 0 spiro atoms. The van der Waals surface area contributed by atoms with Crippen molar-refractivity contribution >= 4 is 11.6 Å². The molecule has 192 valence electrons. The number of aromatic nitrogens is 3. The molecule has 0 aromatic carbocycles. The number of hydrogen-bond donors (Lipinski definition) is 0. The van der Waals surface area contributed by atoms with E-state index in [1.807, 2.05) is 0 Å². The van der Waals surface area contributed by atoms with Crippen molar-refractivity contribution < 1.29 is 9.47 Å². The smallest absolute Gasteiger partial charge is 0.323 e. The summed E-state index contributed by atoms with van der Waals surface area (Å²) in [6, 6.07) is 0.535. The van der Waals surface area contributed by atoms with Gasteiger partial charge < -0.3 is 9.47 Å². The van der Waals surface area contributed by atoms with E-state index in [2.05, 4.69) is 28.8 Å². The van der Waals surface area contributed by atoms with Gasteiger partial charge in [0.05, 0.1) is 13.2 Å².